The second kappa shape index (κ2) is 7.55. The summed E-state index contributed by atoms with van der Waals surface area (Å²) in [5.41, 5.74) is 1.42. The van der Waals surface area contributed by atoms with E-state index in [1.807, 2.05) is 0 Å². The van der Waals surface area contributed by atoms with E-state index in [-0.39, 0.29) is 17.5 Å². The van der Waals surface area contributed by atoms with Crippen molar-refractivity contribution in [1.82, 2.24) is 4.98 Å². The summed E-state index contributed by atoms with van der Waals surface area (Å²) in [6.45, 7) is -0.803. The van der Waals surface area contributed by atoms with E-state index in [1.165, 1.54) is 6.07 Å². The highest BCUT2D eigenvalue weighted by atomic mass is 16.4. The SMILES string of the molecule is [2H]N(c1ccc2c(C3CC3)cc(=O)[nH]c2c1)[C@@H](C=O)[C@@H](O)[C@H](O)[C@H](O)CO. The molecule has 140 valence electrons. The molecule has 0 unspecified atom stereocenters. The van der Waals surface area contributed by atoms with E-state index >= 15 is 0 Å². The lowest BCUT2D eigenvalue weighted by Gasteiger charge is -2.27. The third-order valence-electron chi connectivity index (χ3n) is 4.59. The Labute approximate surface area is 150 Å². The number of aliphatic hydroxyl groups excluding tert-OH is 4. The number of aliphatic hydroxyl groups is 4. The minimum Gasteiger partial charge on any atom is -0.394 e. The molecule has 1 aromatic carbocycles. The molecule has 4 atom stereocenters. The number of rotatable bonds is 8. The largest absolute Gasteiger partial charge is 0.394 e. The monoisotopic (exact) mass is 363 g/mol. The maximum Gasteiger partial charge on any atom is 0.248 e. The number of pyridine rings is 1. The summed E-state index contributed by atoms with van der Waals surface area (Å²) in [7, 11) is 0. The minimum atomic E-state index is -1.81. The van der Waals surface area contributed by atoms with Gasteiger partial charge in [-0.05, 0) is 36.5 Å². The van der Waals surface area contributed by atoms with Crippen molar-refractivity contribution >= 4 is 22.9 Å². The smallest absolute Gasteiger partial charge is 0.248 e. The van der Waals surface area contributed by atoms with Gasteiger partial charge in [-0.2, -0.15) is 0 Å². The Morgan fingerprint density at radius 3 is 2.62 bits per heavy atom. The third kappa shape index (κ3) is 3.78. The maximum atomic E-state index is 11.9. The molecule has 0 aliphatic heterocycles. The number of fused-ring (bicyclic) bond motifs is 1. The van der Waals surface area contributed by atoms with E-state index in [0.29, 0.717) is 16.7 Å². The van der Waals surface area contributed by atoms with Gasteiger partial charge in [-0.15, -0.1) is 0 Å². The fourth-order valence-corrected chi connectivity index (χ4v) is 2.98. The van der Waals surface area contributed by atoms with Crippen LogP contribution in [0.2, 0.25) is 1.41 Å². The number of anilines is 1. The molecule has 1 aliphatic rings. The van der Waals surface area contributed by atoms with Crippen LogP contribution in [0.15, 0.2) is 29.1 Å². The molecule has 3 rings (SSSR count). The van der Waals surface area contributed by atoms with Gasteiger partial charge in [0.05, 0.1) is 12.1 Å². The van der Waals surface area contributed by atoms with Crippen LogP contribution in [0.5, 0.6) is 0 Å². The van der Waals surface area contributed by atoms with Crippen molar-refractivity contribution in [2.45, 2.75) is 43.1 Å². The first-order valence-electron chi connectivity index (χ1n) is 8.87. The highest BCUT2D eigenvalue weighted by Crippen LogP contribution is 2.42. The zero-order valence-electron chi connectivity index (χ0n) is 14.9. The molecule has 1 aliphatic carbocycles. The van der Waals surface area contributed by atoms with Crippen molar-refractivity contribution in [3.8, 4) is 0 Å². The van der Waals surface area contributed by atoms with Gasteiger partial charge in [-0.3, -0.25) is 4.79 Å². The Morgan fingerprint density at radius 2 is 2.00 bits per heavy atom. The second-order valence-electron chi connectivity index (χ2n) is 6.58. The van der Waals surface area contributed by atoms with Crippen LogP contribution in [-0.4, -0.2) is 62.7 Å². The lowest BCUT2D eigenvalue weighted by Crippen LogP contribution is -2.49. The van der Waals surface area contributed by atoms with Crippen LogP contribution in [0.3, 0.4) is 0 Å². The number of aldehydes is 1. The molecule has 6 N–H and O–H groups in total. The van der Waals surface area contributed by atoms with Gasteiger partial charge >= 0.3 is 0 Å². The van der Waals surface area contributed by atoms with Crippen LogP contribution in [-0.2, 0) is 4.79 Å². The molecule has 1 heterocycles. The Morgan fingerprint density at radius 1 is 1.27 bits per heavy atom. The molecule has 1 saturated carbocycles. The van der Waals surface area contributed by atoms with E-state index < -0.39 is 31.0 Å². The van der Waals surface area contributed by atoms with Crippen molar-refractivity contribution < 1.29 is 26.6 Å². The van der Waals surface area contributed by atoms with Crippen LogP contribution in [0, 0.1) is 0 Å². The molecule has 0 bridgehead atoms. The number of carbonyl (C=O) groups is 1. The molecule has 2 aromatic rings. The van der Waals surface area contributed by atoms with Gasteiger partial charge in [0.15, 0.2) is 1.41 Å². The van der Waals surface area contributed by atoms with Crippen LogP contribution in [0.1, 0.15) is 24.3 Å². The fraction of sp³-hybridized carbons (Fsp3) is 0.444. The van der Waals surface area contributed by atoms with Crippen molar-refractivity contribution in [2.24, 2.45) is 0 Å². The average Bonchev–Trinajstić information content (AvgIpc) is 3.50. The summed E-state index contributed by atoms with van der Waals surface area (Å²) in [6, 6.07) is 4.92. The van der Waals surface area contributed by atoms with Gasteiger partial charge in [-0.1, -0.05) is 6.07 Å². The molecule has 0 saturated heterocycles. The highest BCUT2D eigenvalue weighted by Gasteiger charge is 2.31. The van der Waals surface area contributed by atoms with Gasteiger partial charge in [0, 0.05) is 17.1 Å². The molecule has 0 amide bonds. The van der Waals surface area contributed by atoms with Gasteiger partial charge in [0.1, 0.15) is 30.6 Å². The quantitative estimate of drug-likeness (QED) is 0.346. The first kappa shape index (κ1) is 17.2. The van der Waals surface area contributed by atoms with Gasteiger partial charge in [0.25, 0.3) is 0 Å². The number of hydrogen-bond donors (Lipinski definition) is 6. The van der Waals surface area contributed by atoms with E-state index in [4.69, 9.17) is 6.52 Å². The summed E-state index contributed by atoms with van der Waals surface area (Å²) < 4.78 is 8.17. The lowest BCUT2D eigenvalue weighted by molar-refractivity contribution is -0.117. The summed E-state index contributed by atoms with van der Waals surface area (Å²) in [4.78, 5) is 26.0. The van der Waals surface area contributed by atoms with Crippen molar-refractivity contribution in [3.05, 3.63) is 40.2 Å². The molecule has 8 heteroatoms. The van der Waals surface area contributed by atoms with Crippen LogP contribution in [0.4, 0.5) is 5.69 Å². The van der Waals surface area contributed by atoms with Crippen molar-refractivity contribution in [1.29, 1.82) is 0 Å². The number of H-pyrrole nitrogens is 1. The molecule has 26 heavy (non-hydrogen) atoms. The van der Waals surface area contributed by atoms with E-state index in [0.717, 1.165) is 23.8 Å². The zero-order chi connectivity index (χ0) is 19.7. The first-order chi connectivity index (χ1) is 12.9. The predicted molar refractivity (Wildman–Crippen MR) is 95.1 cm³/mol. The third-order valence-corrected chi connectivity index (χ3v) is 4.59. The summed E-state index contributed by atoms with van der Waals surface area (Å²) in [5, 5.41) is 39.8. The highest BCUT2D eigenvalue weighted by molar-refractivity contribution is 5.86. The standard InChI is InChI=1S/C18H22N2O6/c21-7-14(17(25)18(26)15(23)8-22)19-10-3-4-11-12(9-1-2-9)6-16(24)20-13(11)5-10/h3-7,9,14-15,17-19,22-23,25-26H,1-2,8H2,(H,20,24)/t14-,15+,17+,18+/m0/s1/i/hD. The number of benzene rings is 1. The molecule has 0 radical (unpaired) electrons. The molecule has 0 spiro atoms. The minimum absolute atomic E-state index is 0.216. The van der Waals surface area contributed by atoms with E-state index in [2.05, 4.69) is 4.98 Å². The molecule has 1 fully saturated rings. The Hall–Kier alpha value is -2.26. The lowest BCUT2D eigenvalue weighted by atomic mass is 10.0. The summed E-state index contributed by atoms with van der Waals surface area (Å²) in [6.07, 6.45) is -2.93. The molecular weight excluding hydrogens is 340 g/mol. The van der Waals surface area contributed by atoms with Crippen molar-refractivity contribution in [3.63, 3.8) is 0 Å². The van der Waals surface area contributed by atoms with E-state index in [1.54, 1.807) is 18.2 Å². The Kier molecular flexibility index (Phi) is 4.98. The summed E-state index contributed by atoms with van der Waals surface area (Å²) in [5.74, 6) is 0.354. The maximum absolute atomic E-state index is 11.9. The number of hydrogen-bond acceptors (Lipinski definition) is 7. The predicted octanol–water partition coefficient (Wildman–Crippen LogP) is -0.540. The number of aromatic amines is 1. The van der Waals surface area contributed by atoms with Gasteiger partial charge in [0.2, 0.25) is 5.56 Å². The fourth-order valence-electron chi connectivity index (χ4n) is 2.98. The van der Waals surface area contributed by atoms with Crippen molar-refractivity contribution in [2.75, 3.05) is 11.9 Å². The normalized spacial score (nSPS) is 19.5. The van der Waals surface area contributed by atoms with Gasteiger partial charge in [-0.25, -0.2) is 0 Å². The number of carbonyl (C=O) groups excluding carboxylic acids is 1. The number of aromatic nitrogens is 1. The van der Waals surface area contributed by atoms with Crippen LogP contribution < -0.4 is 10.9 Å². The van der Waals surface area contributed by atoms with Crippen LogP contribution in [0.25, 0.3) is 10.9 Å². The van der Waals surface area contributed by atoms with Crippen LogP contribution >= 0.6 is 0 Å². The van der Waals surface area contributed by atoms with Gasteiger partial charge < -0.3 is 35.5 Å². The average molecular weight is 363 g/mol. The first-order valence-corrected chi connectivity index (χ1v) is 8.42. The Balaban J connectivity index is 1.93. The second-order valence-corrected chi connectivity index (χ2v) is 6.58. The zero-order valence-corrected chi connectivity index (χ0v) is 13.9. The molecule has 8 nitrogen and oxygen atoms in total. The topological polar surface area (TPSA) is 143 Å². The Bertz CT molecular complexity index is 884. The van der Waals surface area contributed by atoms with E-state index in [9.17, 15) is 24.9 Å². The molecule has 1 aromatic heterocycles. The number of nitrogens with one attached hydrogen (secondary N) is 2. The molecular formula is C18H22N2O6. The summed E-state index contributed by atoms with van der Waals surface area (Å²) >= 11 is 0.